The van der Waals surface area contributed by atoms with E-state index in [9.17, 15) is 12.8 Å². The van der Waals surface area contributed by atoms with Crippen molar-refractivity contribution >= 4 is 26.7 Å². The van der Waals surface area contributed by atoms with Crippen LogP contribution < -0.4 is 4.90 Å². The number of anilines is 1. The molecule has 33 heavy (non-hydrogen) atoms. The highest BCUT2D eigenvalue weighted by atomic mass is 32.2. The normalized spacial score (nSPS) is 16.1. The SMILES string of the molecule is CC(C)(C)c1ccc(S(=O)(=O)N2CCCN(c3nc(Cc4ccc(F)cc4)ns3)CC2)cc1. The smallest absolute Gasteiger partial charge is 0.243 e. The highest BCUT2D eigenvalue weighted by molar-refractivity contribution is 7.89. The Balaban J connectivity index is 1.42. The summed E-state index contributed by atoms with van der Waals surface area (Å²) in [6.07, 6.45) is 1.25. The van der Waals surface area contributed by atoms with E-state index >= 15 is 0 Å². The lowest BCUT2D eigenvalue weighted by molar-refractivity contribution is 0.433. The fourth-order valence-electron chi connectivity index (χ4n) is 3.83. The van der Waals surface area contributed by atoms with Crippen LogP contribution in [0, 0.1) is 5.82 Å². The Hall–Kier alpha value is -2.36. The topological polar surface area (TPSA) is 66.4 Å². The molecule has 0 spiro atoms. The minimum absolute atomic E-state index is 0.0251. The highest BCUT2D eigenvalue weighted by Crippen LogP contribution is 2.26. The van der Waals surface area contributed by atoms with E-state index in [0.29, 0.717) is 43.2 Å². The van der Waals surface area contributed by atoms with Gasteiger partial charge in [-0.1, -0.05) is 45.0 Å². The van der Waals surface area contributed by atoms with Gasteiger partial charge in [0.25, 0.3) is 0 Å². The average molecular weight is 489 g/mol. The quantitative estimate of drug-likeness (QED) is 0.530. The van der Waals surface area contributed by atoms with E-state index in [4.69, 9.17) is 0 Å². The first-order valence-electron chi connectivity index (χ1n) is 11.1. The van der Waals surface area contributed by atoms with E-state index in [1.807, 2.05) is 12.1 Å². The van der Waals surface area contributed by atoms with Crippen LogP contribution >= 0.6 is 11.5 Å². The minimum Gasteiger partial charge on any atom is -0.345 e. The summed E-state index contributed by atoms with van der Waals surface area (Å²) < 4.78 is 45.6. The Labute approximate surface area is 199 Å². The molecule has 1 saturated heterocycles. The summed E-state index contributed by atoms with van der Waals surface area (Å²) in [4.78, 5) is 7.08. The average Bonchev–Trinajstić information content (AvgIpc) is 3.08. The van der Waals surface area contributed by atoms with Gasteiger partial charge in [0.1, 0.15) is 11.6 Å². The lowest BCUT2D eigenvalue weighted by atomic mass is 9.87. The lowest BCUT2D eigenvalue weighted by Crippen LogP contribution is -2.35. The number of rotatable bonds is 5. The molecular formula is C24H29FN4O2S2. The largest absolute Gasteiger partial charge is 0.345 e. The molecule has 6 nitrogen and oxygen atoms in total. The number of hydrogen-bond donors (Lipinski definition) is 0. The summed E-state index contributed by atoms with van der Waals surface area (Å²) in [6.45, 7) is 8.48. The predicted octanol–water partition coefficient (Wildman–Crippen LogP) is 4.47. The number of aromatic nitrogens is 2. The Morgan fingerprint density at radius 2 is 1.67 bits per heavy atom. The summed E-state index contributed by atoms with van der Waals surface area (Å²) in [5.74, 6) is 0.425. The molecule has 0 radical (unpaired) electrons. The number of halogens is 1. The maximum absolute atomic E-state index is 13.2. The second-order valence-electron chi connectivity index (χ2n) is 9.32. The molecule has 0 unspecified atom stereocenters. The van der Waals surface area contributed by atoms with Crippen molar-refractivity contribution in [2.24, 2.45) is 0 Å². The first-order valence-corrected chi connectivity index (χ1v) is 13.3. The fraction of sp³-hybridized carbons (Fsp3) is 0.417. The van der Waals surface area contributed by atoms with Crippen LogP contribution in [0.5, 0.6) is 0 Å². The molecule has 0 N–H and O–H groups in total. The molecule has 3 aromatic rings. The summed E-state index contributed by atoms with van der Waals surface area (Å²) in [6, 6.07) is 13.6. The predicted molar refractivity (Wildman–Crippen MR) is 130 cm³/mol. The standard InChI is InChI=1S/C24H29FN4O2S2/c1-24(2,3)19-7-11-21(12-8-19)33(30,31)29-14-4-13-28(15-16-29)23-26-22(27-32-23)17-18-5-9-20(25)10-6-18/h5-12H,4,13-17H2,1-3H3. The molecule has 176 valence electrons. The van der Waals surface area contributed by atoms with E-state index in [-0.39, 0.29) is 11.2 Å². The number of sulfonamides is 1. The fourth-order valence-corrected chi connectivity index (χ4v) is 6.04. The molecule has 1 fully saturated rings. The highest BCUT2D eigenvalue weighted by Gasteiger charge is 2.28. The van der Waals surface area contributed by atoms with Gasteiger partial charge in [0.2, 0.25) is 15.2 Å². The van der Waals surface area contributed by atoms with Gasteiger partial charge in [-0.05, 0) is 47.2 Å². The van der Waals surface area contributed by atoms with Gasteiger partial charge < -0.3 is 4.90 Å². The van der Waals surface area contributed by atoms with Gasteiger partial charge in [-0.15, -0.1) is 0 Å². The maximum atomic E-state index is 13.2. The molecule has 0 amide bonds. The van der Waals surface area contributed by atoms with Crippen LogP contribution in [0.25, 0.3) is 0 Å². The summed E-state index contributed by atoms with van der Waals surface area (Å²) in [7, 11) is -3.55. The van der Waals surface area contributed by atoms with Crippen molar-refractivity contribution < 1.29 is 12.8 Å². The van der Waals surface area contributed by atoms with Gasteiger partial charge in [0.15, 0.2) is 0 Å². The molecule has 1 aliphatic rings. The molecule has 0 atom stereocenters. The molecule has 4 rings (SSSR count). The third kappa shape index (κ3) is 5.59. The van der Waals surface area contributed by atoms with Crippen LogP contribution in [-0.4, -0.2) is 48.3 Å². The van der Waals surface area contributed by atoms with E-state index < -0.39 is 10.0 Å². The Bertz CT molecular complexity index is 1190. The molecule has 0 saturated carbocycles. The van der Waals surface area contributed by atoms with Gasteiger partial charge in [-0.3, -0.25) is 0 Å². The maximum Gasteiger partial charge on any atom is 0.243 e. The van der Waals surface area contributed by atoms with E-state index in [2.05, 4.69) is 35.0 Å². The summed E-state index contributed by atoms with van der Waals surface area (Å²) in [5, 5.41) is 0.792. The van der Waals surface area contributed by atoms with Crippen molar-refractivity contribution in [3.63, 3.8) is 0 Å². The zero-order valence-corrected chi connectivity index (χ0v) is 20.8. The Kier molecular flexibility index (Phi) is 6.83. The monoisotopic (exact) mass is 488 g/mol. The van der Waals surface area contributed by atoms with Crippen LogP contribution in [-0.2, 0) is 21.9 Å². The van der Waals surface area contributed by atoms with Crippen molar-refractivity contribution in [3.05, 3.63) is 71.3 Å². The van der Waals surface area contributed by atoms with Gasteiger partial charge in [0, 0.05) is 44.1 Å². The number of nitrogens with zero attached hydrogens (tertiary/aromatic N) is 4. The number of benzene rings is 2. The molecular weight excluding hydrogens is 459 g/mol. The van der Waals surface area contributed by atoms with Gasteiger partial charge in [-0.2, -0.15) is 8.68 Å². The second-order valence-corrected chi connectivity index (χ2v) is 12.0. The molecule has 0 bridgehead atoms. The van der Waals surface area contributed by atoms with Gasteiger partial charge in [0.05, 0.1) is 4.90 Å². The molecule has 2 heterocycles. The van der Waals surface area contributed by atoms with E-state index in [0.717, 1.165) is 22.8 Å². The molecule has 1 aliphatic heterocycles. The molecule has 1 aromatic heterocycles. The third-order valence-corrected chi connectivity index (χ3v) is 8.54. The van der Waals surface area contributed by atoms with Gasteiger partial charge in [-0.25, -0.2) is 17.8 Å². The summed E-state index contributed by atoms with van der Waals surface area (Å²) in [5.41, 5.74) is 2.03. The first-order chi connectivity index (χ1) is 15.6. The van der Waals surface area contributed by atoms with Crippen molar-refractivity contribution in [1.29, 1.82) is 0 Å². The number of hydrogen-bond acceptors (Lipinski definition) is 6. The summed E-state index contributed by atoms with van der Waals surface area (Å²) >= 11 is 1.32. The molecule has 2 aromatic carbocycles. The zero-order valence-electron chi connectivity index (χ0n) is 19.2. The second kappa shape index (κ2) is 9.48. The Morgan fingerprint density at radius 3 is 2.33 bits per heavy atom. The lowest BCUT2D eigenvalue weighted by Gasteiger charge is -2.22. The van der Waals surface area contributed by atoms with E-state index in [1.165, 1.54) is 23.7 Å². The van der Waals surface area contributed by atoms with Crippen molar-refractivity contribution in [2.45, 2.75) is 43.9 Å². The van der Waals surface area contributed by atoms with Crippen LogP contribution in [0.3, 0.4) is 0 Å². The van der Waals surface area contributed by atoms with Crippen molar-refractivity contribution in [3.8, 4) is 0 Å². The first kappa shape index (κ1) is 23.8. The van der Waals surface area contributed by atoms with Crippen molar-refractivity contribution in [2.75, 3.05) is 31.1 Å². The molecule has 0 aliphatic carbocycles. The van der Waals surface area contributed by atoms with Crippen LogP contribution in [0.2, 0.25) is 0 Å². The molecule has 9 heteroatoms. The van der Waals surface area contributed by atoms with Gasteiger partial charge >= 0.3 is 0 Å². The van der Waals surface area contributed by atoms with E-state index in [1.54, 1.807) is 28.6 Å². The van der Waals surface area contributed by atoms with Crippen molar-refractivity contribution in [1.82, 2.24) is 13.7 Å². The minimum atomic E-state index is -3.55. The Morgan fingerprint density at radius 1 is 0.970 bits per heavy atom. The third-order valence-electron chi connectivity index (χ3n) is 5.82. The van der Waals surface area contributed by atoms with Crippen LogP contribution in [0.1, 0.15) is 44.1 Å². The van der Waals surface area contributed by atoms with Crippen LogP contribution in [0.15, 0.2) is 53.4 Å². The van der Waals surface area contributed by atoms with Crippen LogP contribution in [0.4, 0.5) is 9.52 Å². The zero-order chi connectivity index (χ0) is 23.6.